The zero-order valence-electron chi connectivity index (χ0n) is 8.51. The predicted octanol–water partition coefficient (Wildman–Crippen LogP) is 1.27. The van der Waals surface area contributed by atoms with Gasteiger partial charge in [-0.3, -0.25) is 0 Å². The highest BCUT2D eigenvalue weighted by Crippen LogP contribution is 2.27. The van der Waals surface area contributed by atoms with E-state index < -0.39 is 0 Å². The first-order valence-electron chi connectivity index (χ1n) is 4.49. The smallest absolute Gasteiger partial charge is 0.223 e. The number of hydrogen-bond acceptors (Lipinski definition) is 5. The van der Waals surface area contributed by atoms with Crippen molar-refractivity contribution < 1.29 is 9.13 Å². The molecule has 1 aromatic heterocycles. The lowest BCUT2D eigenvalue weighted by Gasteiger charge is -2.06. The maximum atomic E-state index is 13.0. The topological polar surface area (TPSA) is 73.9 Å². The van der Waals surface area contributed by atoms with Crippen molar-refractivity contribution in [1.82, 2.24) is 15.0 Å². The fourth-order valence-electron chi connectivity index (χ4n) is 1.29. The molecule has 1 heterocycles. The third-order valence-corrected chi connectivity index (χ3v) is 1.99. The Morgan fingerprint density at radius 3 is 2.81 bits per heavy atom. The molecule has 0 aliphatic carbocycles. The van der Waals surface area contributed by atoms with Crippen LogP contribution in [0.15, 0.2) is 24.5 Å². The second kappa shape index (κ2) is 4.09. The van der Waals surface area contributed by atoms with E-state index in [0.29, 0.717) is 17.1 Å². The van der Waals surface area contributed by atoms with Gasteiger partial charge in [-0.05, 0) is 12.1 Å². The van der Waals surface area contributed by atoms with Gasteiger partial charge in [0.2, 0.25) is 5.95 Å². The van der Waals surface area contributed by atoms with Crippen LogP contribution in [0.2, 0.25) is 0 Å². The van der Waals surface area contributed by atoms with Gasteiger partial charge in [-0.25, -0.2) is 14.4 Å². The molecule has 0 spiro atoms. The van der Waals surface area contributed by atoms with Gasteiger partial charge in [0.05, 0.1) is 12.7 Å². The van der Waals surface area contributed by atoms with Gasteiger partial charge in [-0.1, -0.05) is 0 Å². The van der Waals surface area contributed by atoms with Crippen LogP contribution >= 0.6 is 0 Å². The molecule has 5 nitrogen and oxygen atoms in total. The van der Waals surface area contributed by atoms with E-state index in [0.717, 1.165) is 0 Å². The lowest BCUT2D eigenvalue weighted by Crippen LogP contribution is -1.99. The van der Waals surface area contributed by atoms with Gasteiger partial charge in [0.25, 0.3) is 0 Å². The highest BCUT2D eigenvalue weighted by Gasteiger charge is 2.10. The van der Waals surface area contributed by atoms with Crippen LogP contribution in [0, 0.1) is 5.82 Å². The summed E-state index contributed by atoms with van der Waals surface area (Å²) < 4.78 is 18.0. The Bertz CT molecular complexity index is 518. The van der Waals surface area contributed by atoms with Gasteiger partial charge in [0.15, 0.2) is 5.82 Å². The normalized spacial score (nSPS) is 10.1. The molecule has 16 heavy (non-hydrogen) atoms. The Labute approximate surface area is 91.1 Å². The lowest BCUT2D eigenvalue weighted by atomic mass is 10.2. The van der Waals surface area contributed by atoms with Crippen molar-refractivity contribution in [3.63, 3.8) is 0 Å². The number of methoxy groups -OCH3 is 1. The molecule has 82 valence electrons. The molecule has 0 saturated carbocycles. The molecule has 1 aromatic carbocycles. The van der Waals surface area contributed by atoms with Crippen LogP contribution in [0.1, 0.15) is 0 Å². The molecule has 2 rings (SSSR count). The van der Waals surface area contributed by atoms with Crippen LogP contribution in [0.5, 0.6) is 5.75 Å². The van der Waals surface area contributed by atoms with Crippen LogP contribution in [-0.4, -0.2) is 22.1 Å². The summed E-state index contributed by atoms with van der Waals surface area (Å²) in [4.78, 5) is 11.6. The van der Waals surface area contributed by atoms with Crippen molar-refractivity contribution in [1.29, 1.82) is 0 Å². The monoisotopic (exact) mass is 220 g/mol. The molecule has 0 saturated heterocycles. The molecular formula is C10H9FN4O. The molecule has 6 heteroatoms. The van der Waals surface area contributed by atoms with Crippen LogP contribution in [-0.2, 0) is 0 Å². The zero-order valence-corrected chi connectivity index (χ0v) is 8.51. The minimum Gasteiger partial charge on any atom is -0.496 e. The van der Waals surface area contributed by atoms with E-state index in [1.54, 1.807) is 0 Å². The van der Waals surface area contributed by atoms with Crippen molar-refractivity contribution in [2.24, 2.45) is 0 Å². The third kappa shape index (κ3) is 1.90. The number of ether oxygens (including phenoxy) is 1. The minimum absolute atomic E-state index is 0.108. The first-order chi connectivity index (χ1) is 7.70. The van der Waals surface area contributed by atoms with E-state index in [1.807, 2.05) is 0 Å². The number of halogens is 1. The van der Waals surface area contributed by atoms with E-state index in [4.69, 9.17) is 10.5 Å². The van der Waals surface area contributed by atoms with Gasteiger partial charge < -0.3 is 10.5 Å². The number of hydrogen-bond donors (Lipinski definition) is 1. The Balaban J connectivity index is 2.55. The van der Waals surface area contributed by atoms with Crippen LogP contribution in [0.25, 0.3) is 11.4 Å². The van der Waals surface area contributed by atoms with E-state index in [9.17, 15) is 4.39 Å². The first-order valence-corrected chi connectivity index (χ1v) is 4.49. The highest BCUT2D eigenvalue weighted by molar-refractivity contribution is 5.64. The Morgan fingerprint density at radius 1 is 1.31 bits per heavy atom. The molecule has 0 fully saturated rings. The number of nitrogens with zero attached hydrogens (tertiary/aromatic N) is 3. The van der Waals surface area contributed by atoms with Gasteiger partial charge in [-0.15, -0.1) is 0 Å². The van der Waals surface area contributed by atoms with E-state index in [-0.39, 0.29) is 11.8 Å². The largest absolute Gasteiger partial charge is 0.496 e. The molecular weight excluding hydrogens is 211 g/mol. The average molecular weight is 220 g/mol. The molecule has 0 bridgehead atoms. The maximum absolute atomic E-state index is 13.0. The molecule has 2 aromatic rings. The Hall–Kier alpha value is -2.24. The molecule has 0 atom stereocenters. The zero-order chi connectivity index (χ0) is 11.5. The number of nitrogen functional groups attached to an aromatic ring is 1. The van der Waals surface area contributed by atoms with Crippen molar-refractivity contribution in [3.8, 4) is 17.1 Å². The van der Waals surface area contributed by atoms with Crippen molar-refractivity contribution >= 4 is 5.95 Å². The number of benzene rings is 1. The molecule has 0 unspecified atom stereocenters. The Morgan fingerprint density at radius 2 is 2.12 bits per heavy atom. The predicted molar refractivity (Wildman–Crippen MR) is 56.2 cm³/mol. The van der Waals surface area contributed by atoms with Crippen molar-refractivity contribution in [2.75, 3.05) is 12.8 Å². The summed E-state index contributed by atoms with van der Waals surface area (Å²) in [6.45, 7) is 0. The van der Waals surface area contributed by atoms with E-state index in [2.05, 4.69) is 15.0 Å². The first kappa shape index (κ1) is 10.3. The maximum Gasteiger partial charge on any atom is 0.223 e. The lowest BCUT2D eigenvalue weighted by molar-refractivity contribution is 0.412. The summed E-state index contributed by atoms with van der Waals surface area (Å²) >= 11 is 0. The van der Waals surface area contributed by atoms with Gasteiger partial charge >= 0.3 is 0 Å². The Kier molecular flexibility index (Phi) is 2.63. The summed E-state index contributed by atoms with van der Waals surface area (Å²) in [5.41, 5.74) is 6.01. The fourth-order valence-corrected chi connectivity index (χ4v) is 1.29. The second-order valence-corrected chi connectivity index (χ2v) is 3.01. The van der Waals surface area contributed by atoms with Crippen LogP contribution < -0.4 is 10.5 Å². The van der Waals surface area contributed by atoms with Crippen LogP contribution in [0.4, 0.5) is 10.3 Å². The number of aromatic nitrogens is 3. The highest BCUT2D eigenvalue weighted by atomic mass is 19.1. The van der Waals surface area contributed by atoms with Gasteiger partial charge in [-0.2, -0.15) is 4.98 Å². The molecule has 0 aliphatic rings. The standard InChI is InChI=1S/C10H9FN4O/c1-16-8-4-6(11)2-3-7(8)9-13-5-14-10(12)15-9/h2-5H,1H3,(H2,12,13,14,15). The molecule has 0 amide bonds. The summed E-state index contributed by atoms with van der Waals surface area (Å²) in [7, 11) is 1.45. The quantitative estimate of drug-likeness (QED) is 0.824. The van der Waals surface area contributed by atoms with Crippen LogP contribution in [0.3, 0.4) is 0 Å². The number of nitrogens with two attached hydrogens (primary N) is 1. The molecule has 2 N–H and O–H groups in total. The van der Waals surface area contributed by atoms with E-state index >= 15 is 0 Å². The number of anilines is 1. The average Bonchev–Trinajstić information content (AvgIpc) is 2.28. The third-order valence-electron chi connectivity index (χ3n) is 1.99. The number of rotatable bonds is 2. The van der Waals surface area contributed by atoms with Crippen molar-refractivity contribution in [2.45, 2.75) is 0 Å². The second-order valence-electron chi connectivity index (χ2n) is 3.01. The fraction of sp³-hybridized carbons (Fsp3) is 0.100. The minimum atomic E-state index is -0.386. The van der Waals surface area contributed by atoms with Gasteiger partial charge in [0.1, 0.15) is 17.9 Å². The SMILES string of the molecule is COc1cc(F)ccc1-c1ncnc(N)n1. The summed E-state index contributed by atoms with van der Waals surface area (Å²) in [5.74, 6) is 0.425. The van der Waals surface area contributed by atoms with Crippen molar-refractivity contribution in [3.05, 3.63) is 30.3 Å². The van der Waals surface area contributed by atoms with Gasteiger partial charge in [0, 0.05) is 6.07 Å². The summed E-state index contributed by atoms with van der Waals surface area (Å²) in [6, 6.07) is 4.09. The molecule has 0 radical (unpaired) electrons. The molecule has 0 aliphatic heterocycles. The van der Waals surface area contributed by atoms with E-state index in [1.165, 1.54) is 31.6 Å². The summed E-state index contributed by atoms with van der Waals surface area (Å²) in [6.07, 6.45) is 1.29. The summed E-state index contributed by atoms with van der Waals surface area (Å²) in [5, 5.41) is 0.